The van der Waals surface area contributed by atoms with Gasteiger partial charge >= 0.3 is 0 Å². The summed E-state index contributed by atoms with van der Waals surface area (Å²) in [4.78, 5) is 0. The number of hydrogen-bond acceptors (Lipinski definition) is 3. The maximum absolute atomic E-state index is 9.43. The third-order valence-electron chi connectivity index (χ3n) is 1.65. The highest BCUT2D eigenvalue weighted by Crippen LogP contribution is 2.25. The summed E-state index contributed by atoms with van der Waals surface area (Å²) in [6, 6.07) is 4.89. The molecule has 0 saturated heterocycles. The van der Waals surface area contributed by atoms with E-state index in [2.05, 4.69) is 15.9 Å². The summed E-state index contributed by atoms with van der Waals surface area (Å²) < 4.78 is 0.827. The lowest BCUT2D eigenvalue weighted by Crippen LogP contribution is -2.20. The molecule has 1 aromatic rings. The molecule has 0 amide bonds. The number of rotatable bonds is 2. The summed E-state index contributed by atoms with van der Waals surface area (Å²) in [6.07, 6.45) is 0. The maximum Gasteiger partial charge on any atom is 0.121 e. The molecule has 0 heterocycles. The largest absolute Gasteiger partial charge is 0.508 e. The van der Waals surface area contributed by atoms with Crippen LogP contribution in [-0.2, 0) is 0 Å². The monoisotopic (exact) mass is 230 g/mol. The van der Waals surface area contributed by atoms with Crippen LogP contribution in [0.3, 0.4) is 0 Å². The van der Waals surface area contributed by atoms with Crippen LogP contribution in [0.4, 0.5) is 0 Å². The van der Waals surface area contributed by atoms with Crippen LogP contribution in [0, 0.1) is 0 Å². The Balaban J connectivity index is 3.01. The Labute approximate surface area is 79.5 Å². The molecule has 4 heteroatoms. The van der Waals surface area contributed by atoms with E-state index in [1.54, 1.807) is 12.1 Å². The van der Waals surface area contributed by atoms with Gasteiger partial charge in [0.05, 0.1) is 0 Å². The molecule has 1 rings (SSSR count). The molecule has 66 valence electrons. The average Bonchev–Trinajstić information content (AvgIpc) is 2.03. The van der Waals surface area contributed by atoms with Crippen molar-refractivity contribution >= 4 is 15.9 Å². The third kappa shape index (κ3) is 1.97. The predicted octanol–water partition coefficient (Wildman–Crippen LogP) is 1.11. The molecule has 0 aliphatic carbocycles. The van der Waals surface area contributed by atoms with E-state index < -0.39 is 0 Å². The smallest absolute Gasteiger partial charge is 0.121 e. The van der Waals surface area contributed by atoms with E-state index in [-0.39, 0.29) is 11.8 Å². The van der Waals surface area contributed by atoms with E-state index in [0.29, 0.717) is 12.1 Å². The molecule has 0 aliphatic heterocycles. The highest BCUT2D eigenvalue weighted by atomic mass is 79.9. The van der Waals surface area contributed by atoms with Gasteiger partial charge in [0.15, 0.2) is 0 Å². The van der Waals surface area contributed by atoms with Gasteiger partial charge in [0.1, 0.15) is 5.75 Å². The Morgan fingerprint density at radius 2 is 2.17 bits per heavy atom. The zero-order valence-corrected chi connectivity index (χ0v) is 8.08. The number of phenols is 1. The minimum Gasteiger partial charge on any atom is -0.508 e. The first-order valence-electron chi connectivity index (χ1n) is 3.59. The second-order valence-corrected chi connectivity index (χ2v) is 3.46. The van der Waals surface area contributed by atoms with Gasteiger partial charge in [-0.2, -0.15) is 0 Å². The van der Waals surface area contributed by atoms with E-state index in [9.17, 15) is 5.11 Å². The van der Waals surface area contributed by atoms with Gasteiger partial charge in [-0.15, -0.1) is 0 Å². The summed E-state index contributed by atoms with van der Waals surface area (Å²) in [7, 11) is 0. The molecule has 0 bridgehead atoms. The van der Waals surface area contributed by atoms with Crippen LogP contribution in [0.1, 0.15) is 11.6 Å². The first-order chi connectivity index (χ1) is 5.65. The summed E-state index contributed by atoms with van der Waals surface area (Å²) in [5.74, 6) is 0.183. The van der Waals surface area contributed by atoms with Crippen LogP contribution in [0.2, 0.25) is 0 Å². The summed E-state index contributed by atoms with van der Waals surface area (Å²) >= 11 is 3.24. The van der Waals surface area contributed by atoms with E-state index in [1.807, 2.05) is 6.07 Å². The van der Waals surface area contributed by atoms with Crippen molar-refractivity contribution < 1.29 is 5.11 Å². The van der Waals surface area contributed by atoms with Gasteiger partial charge in [-0.05, 0) is 12.1 Å². The van der Waals surface area contributed by atoms with Gasteiger partial charge in [-0.1, -0.05) is 22.0 Å². The molecule has 0 aliphatic rings. The van der Waals surface area contributed by atoms with E-state index >= 15 is 0 Å². The lowest BCUT2D eigenvalue weighted by molar-refractivity contribution is 0.461. The number of benzene rings is 1. The van der Waals surface area contributed by atoms with Crippen LogP contribution in [0.5, 0.6) is 5.75 Å². The quantitative estimate of drug-likeness (QED) is 0.713. The number of hydrogen-bond donors (Lipinski definition) is 3. The van der Waals surface area contributed by atoms with E-state index in [4.69, 9.17) is 11.5 Å². The van der Waals surface area contributed by atoms with Crippen molar-refractivity contribution in [2.45, 2.75) is 6.04 Å². The molecule has 0 aromatic heterocycles. The highest BCUT2D eigenvalue weighted by molar-refractivity contribution is 9.10. The molecule has 1 aromatic carbocycles. The highest BCUT2D eigenvalue weighted by Gasteiger charge is 2.08. The fourth-order valence-corrected chi connectivity index (χ4v) is 1.31. The Morgan fingerprint density at radius 1 is 1.50 bits per heavy atom. The molecule has 0 saturated carbocycles. The van der Waals surface area contributed by atoms with Crippen molar-refractivity contribution in [1.82, 2.24) is 0 Å². The van der Waals surface area contributed by atoms with Crippen LogP contribution in [0.15, 0.2) is 22.7 Å². The molecule has 0 fully saturated rings. The molecule has 0 radical (unpaired) electrons. The van der Waals surface area contributed by atoms with E-state index in [1.165, 1.54) is 0 Å². The van der Waals surface area contributed by atoms with Gasteiger partial charge in [0.2, 0.25) is 0 Å². The predicted molar refractivity (Wildman–Crippen MR) is 51.8 cm³/mol. The maximum atomic E-state index is 9.43. The minimum absolute atomic E-state index is 0.183. The molecular formula is C8H11BrN2O. The van der Waals surface area contributed by atoms with Gasteiger partial charge in [0.25, 0.3) is 0 Å². The van der Waals surface area contributed by atoms with Gasteiger partial charge in [-0.25, -0.2) is 0 Å². The molecule has 0 unspecified atom stereocenters. The Morgan fingerprint density at radius 3 is 2.67 bits per heavy atom. The molecular weight excluding hydrogens is 220 g/mol. The Bertz CT molecular complexity index is 278. The zero-order chi connectivity index (χ0) is 9.14. The van der Waals surface area contributed by atoms with Gasteiger partial charge < -0.3 is 16.6 Å². The summed E-state index contributed by atoms with van der Waals surface area (Å²) in [5.41, 5.74) is 11.7. The summed E-state index contributed by atoms with van der Waals surface area (Å²) in [6.45, 7) is 0.329. The number of nitrogens with two attached hydrogens (primary N) is 2. The molecule has 5 N–H and O–H groups in total. The standard InChI is InChI=1S/C8H11BrN2O/c9-5-1-2-6(7(11)4-10)8(12)3-5/h1-3,7,12H,4,10-11H2/t7-/m1/s1. The van der Waals surface area contributed by atoms with Crippen LogP contribution >= 0.6 is 15.9 Å². The van der Waals surface area contributed by atoms with Gasteiger partial charge in [-0.3, -0.25) is 0 Å². The lowest BCUT2D eigenvalue weighted by Gasteiger charge is -2.10. The molecule has 0 spiro atoms. The van der Waals surface area contributed by atoms with Crippen LogP contribution in [0.25, 0.3) is 0 Å². The van der Waals surface area contributed by atoms with Crippen molar-refractivity contribution in [2.24, 2.45) is 11.5 Å². The first kappa shape index (κ1) is 9.51. The molecule has 1 atom stereocenters. The van der Waals surface area contributed by atoms with Crippen LogP contribution in [-0.4, -0.2) is 11.7 Å². The summed E-state index contributed by atoms with van der Waals surface area (Å²) in [5, 5.41) is 9.43. The minimum atomic E-state index is -0.293. The zero-order valence-electron chi connectivity index (χ0n) is 6.50. The van der Waals surface area contributed by atoms with Crippen molar-refractivity contribution in [2.75, 3.05) is 6.54 Å². The van der Waals surface area contributed by atoms with Crippen molar-refractivity contribution in [3.8, 4) is 5.75 Å². The Kier molecular flexibility index (Phi) is 3.08. The first-order valence-corrected chi connectivity index (χ1v) is 4.38. The molecule has 12 heavy (non-hydrogen) atoms. The fourth-order valence-electron chi connectivity index (χ4n) is 0.957. The second-order valence-electron chi connectivity index (χ2n) is 2.55. The van der Waals surface area contributed by atoms with E-state index in [0.717, 1.165) is 4.47 Å². The van der Waals surface area contributed by atoms with Gasteiger partial charge in [0, 0.05) is 22.6 Å². The van der Waals surface area contributed by atoms with Crippen molar-refractivity contribution in [1.29, 1.82) is 0 Å². The second kappa shape index (κ2) is 3.89. The topological polar surface area (TPSA) is 72.3 Å². The number of halogens is 1. The average molecular weight is 231 g/mol. The lowest BCUT2D eigenvalue weighted by atomic mass is 10.1. The van der Waals surface area contributed by atoms with Crippen LogP contribution < -0.4 is 11.5 Å². The number of phenolic OH excluding ortho intramolecular Hbond substituents is 1. The normalized spacial score (nSPS) is 12.9. The number of aromatic hydroxyl groups is 1. The fraction of sp³-hybridized carbons (Fsp3) is 0.250. The SMILES string of the molecule is NC[C@@H](N)c1ccc(Br)cc1O. The van der Waals surface area contributed by atoms with Crippen molar-refractivity contribution in [3.05, 3.63) is 28.2 Å². The van der Waals surface area contributed by atoms with Crippen molar-refractivity contribution in [3.63, 3.8) is 0 Å². The third-order valence-corrected chi connectivity index (χ3v) is 2.14. The molecule has 3 nitrogen and oxygen atoms in total. The Hall–Kier alpha value is -0.580.